The lowest BCUT2D eigenvalue weighted by molar-refractivity contribution is 0.101. The van der Waals surface area contributed by atoms with Gasteiger partial charge >= 0.3 is 0 Å². The summed E-state index contributed by atoms with van der Waals surface area (Å²) in [6.45, 7) is 1.42. The normalized spacial score (nSPS) is 23.5. The molecule has 0 heterocycles. The fourth-order valence-electron chi connectivity index (χ4n) is 2.20. The summed E-state index contributed by atoms with van der Waals surface area (Å²) in [5.74, 6) is -0.142. The number of sulfonamides is 1. The zero-order valence-electron chi connectivity index (χ0n) is 10.6. The van der Waals surface area contributed by atoms with Crippen molar-refractivity contribution in [3.63, 3.8) is 0 Å². The molecule has 0 bridgehead atoms. The molecule has 19 heavy (non-hydrogen) atoms. The Labute approximate surface area is 121 Å². The highest BCUT2D eigenvalue weighted by atomic mass is 79.9. The first-order valence-electron chi connectivity index (χ1n) is 6.17. The van der Waals surface area contributed by atoms with Crippen molar-refractivity contribution in [3.05, 3.63) is 29.8 Å². The van der Waals surface area contributed by atoms with Crippen LogP contribution in [0, 0.1) is 0 Å². The number of rotatable bonds is 4. The topological polar surface area (TPSA) is 63.2 Å². The molecule has 1 N–H and O–H groups in total. The number of carbonyl (C=O) groups excluding carboxylic acids is 1. The molecule has 1 fully saturated rings. The van der Waals surface area contributed by atoms with Crippen LogP contribution in [0.5, 0.6) is 0 Å². The van der Waals surface area contributed by atoms with Crippen LogP contribution in [-0.2, 0) is 10.0 Å². The first-order chi connectivity index (χ1) is 8.90. The van der Waals surface area contributed by atoms with Crippen molar-refractivity contribution in [1.29, 1.82) is 0 Å². The highest BCUT2D eigenvalue weighted by Gasteiger charge is 2.29. The molecule has 0 saturated heterocycles. The van der Waals surface area contributed by atoms with Gasteiger partial charge in [0.1, 0.15) is 0 Å². The lowest BCUT2D eigenvalue weighted by atomic mass is 10.2. The molecule has 1 aromatic rings. The molecule has 4 nitrogen and oxygen atoms in total. The number of alkyl halides is 1. The monoisotopic (exact) mass is 345 g/mol. The van der Waals surface area contributed by atoms with Crippen LogP contribution >= 0.6 is 15.9 Å². The minimum absolute atomic E-state index is 0.0778. The summed E-state index contributed by atoms with van der Waals surface area (Å²) in [6.07, 6.45) is 2.82. The third kappa shape index (κ3) is 3.43. The van der Waals surface area contributed by atoms with Crippen LogP contribution in [0.15, 0.2) is 29.2 Å². The molecule has 0 radical (unpaired) electrons. The maximum absolute atomic E-state index is 12.3. The summed E-state index contributed by atoms with van der Waals surface area (Å²) in [6, 6.07) is 6.05. The van der Waals surface area contributed by atoms with Crippen molar-refractivity contribution in [1.82, 2.24) is 4.72 Å². The van der Waals surface area contributed by atoms with Gasteiger partial charge in [-0.25, -0.2) is 13.1 Å². The molecule has 104 valence electrons. The van der Waals surface area contributed by atoms with Gasteiger partial charge in [-0.05, 0) is 31.9 Å². The minimum atomic E-state index is -3.56. The zero-order chi connectivity index (χ0) is 14.0. The molecule has 0 aromatic heterocycles. The van der Waals surface area contributed by atoms with Crippen LogP contribution in [0.4, 0.5) is 0 Å². The molecule has 6 heteroatoms. The Kier molecular flexibility index (Phi) is 4.43. The zero-order valence-corrected chi connectivity index (χ0v) is 13.0. The van der Waals surface area contributed by atoms with Crippen molar-refractivity contribution < 1.29 is 13.2 Å². The number of halogens is 1. The molecule has 0 spiro atoms. The molecular weight excluding hydrogens is 330 g/mol. The quantitative estimate of drug-likeness (QED) is 0.673. The summed E-state index contributed by atoms with van der Waals surface area (Å²) in [5.41, 5.74) is 0.407. The van der Waals surface area contributed by atoms with E-state index in [1.807, 2.05) is 0 Å². The van der Waals surface area contributed by atoms with E-state index in [9.17, 15) is 13.2 Å². The van der Waals surface area contributed by atoms with Gasteiger partial charge in [-0.1, -0.05) is 34.5 Å². The smallest absolute Gasteiger partial charge is 0.240 e. The molecule has 1 aromatic carbocycles. The number of ketones is 1. The van der Waals surface area contributed by atoms with E-state index in [4.69, 9.17) is 0 Å². The van der Waals surface area contributed by atoms with E-state index in [0.717, 1.165) is 19.3 Å². The first kappa shape index (κ1) is 14.7. The Morgan fingerprint density at radius 3 is 2.68 bits per heavy atom. The molecule has 0 amide bonds. The average molecular weight is 346 g/mol. The summed E-state index contributed by atoms with van der Waals surface area (Å²) in [4.78, 5) is 11.6. The van der Waals surface area contributed by atoms with Gasteiger partial charge in [0.15, 0.2) is 5.78 Å². The van der Waals surface area contributed by atoms with E-state index in [1.54, 1.807) is 12.1 Å². The van der Waals surface area contributed by atoms with Crippen molar-refractivity contribution in [2.24, 2.45) is 0 Å². The van der Waals surface area contributed by atoms with E-state index in [2.05, 4.69) is 20.7 Å². The van der Waals surface area contributed by atoms with Gasteiger partial charge in [-0.3, -0.25) is 4.79 Å². The standard InChI is InChI=1S/C13H16BrNO3S/c1-9(16)10-4-2-5-11(8-10)19(17,18)15-13-7-3-6-12(13)14/h2,4-5,8,12-13,15H,3,6-7H2,1H3. The number of benzene rings is 1. The minimum Gasteiger partial charge on any atom is -0.295 e. The third-order valence-corrected chi connectivity index (χ3v) is 5.87. The maximum Gasteiger partial charge on any atom is 0.240 e. The van der Waals surface area contributed by atoms with Gasteiger partial charge in [0.2, 0.25) is 10.0 Å². The molecule has 2 atom stereocenters. The van der Waals surface area contributed by atoms with Crippen molar-refractivity contribution in [2.75, 3.05) is 0 Å². The van der Waals surface area contributed by atoms with Gasteiger partial charge in [0, 0.05) is 16.4 Å². The molecule has 2 rings (SSSR count). The van der Waals surface area contributed by atoms with Gasteiger partial charge in [-0.15, -0.1) is 0 Å². The SMILES string of the molecule is CC(=O)c1cccc(S(=O)(=O)NC2CCCC2Br)c1. The number of hydrogen-bond acceptors (Lipinski definition) is 3. The molecule has 2 unspecified atom stereocenters. The average Bonchev–Trinajstić information content (AvgIpc) is 2.74. The highest BCUT2D eigenvalue weighted by molar-refractivity contribution is 9.09. The van der Waals surface area contributed by atoms with Gasteiger partial charge < -0.3 is 0 Å². The molecule has 0 aliphatic heterocycles. The van der Waals surface area contributed by atoms with Gasteiger partial charge in [0.25, 0.3) is 0 Å². The van der Waals surface area contributed by atoms with Crippen LogP contribution < -0.4 is 4.72 Å². The van der Waals surface area contributed by atoms with E-state index in [0.29, 0.717) is 5.56 Å². The summed E-state index contributed by atoms with van der Waals surface area (Å²) in [7, 11) is -3.56. The number of Topliss-reactive ketones (excluding diaryl/α,β-unsaturated/α-hetero) is 1. The lowest BCUT2D eigenvalue weighted by Crippen LogP contribution is -2.37. The second kappa shape index (κ2) is 5.73. The summed E-state index contributed by atoms with van der Waals surface area (Å²) in [5, 5.41) is 0. The Hall–Kier alpha value is -0.720. The fraction of sp³-hybridized carbons (Fsp3) is 0.462. The first-order valence-corrected chi connectivity index (χ1v) is 8.57. The Bertz CT molecular complexity index is 585. The van der Waals surface area contributed by atoms with Crippen LogP contribution in [-0.4, -0.2) is 25.1 Å². The van der Waals surface area contributed by atoms with E-state index in [-0.39, 0.29) is 21.5 Å². The fourth-order valence-corrected chi connectivity index (χ4v) is 4.45. The second-order valence-corrected chi connectivity index (χ2v) is 7.65. The van der Waals surface area contributed by atoms with E-state index in [1.165, 1.54) is 19.1 Å². The predicted octanol–water partition coefficient (Wildman–Crippen LogP) is 2.48. The second-order valence-electron chi connectivity index (χ2n) is 4.76. The van der Waals surface area contributed by atoms with Crippen molar-refractivity contribution in [2.45, 2.75) is 42.0 Å². The van der Waals surface area contributed by atoms with E-state index >= 15 is 0 Å². The predicted molar refractivity (Wildman–Crippen MR) is 77.1 cm³/mol. The largest absolute Gasteiger partial charge is 0.295 e. The van der Waals surface area contributed by atoms with Crippen molar-refractivity contribution >= 4 is 31.7 Å². The van der Waals surface area contributed by atoms with Gasteiger partial charge in [-0.2, -0.15) is 0 Å². The van der Waals surface area contributed by atoms with Gasteiger partial charge in [0.05, 0.1) is 4.90 Å². The molecular formula is C13H16BrNO3S. The highest BCUT2D eigenvalue weighted by Crippen LogP contribution is 2.27. The number of hydrogen-bond donors (Lipinski definition) is 1. The number of nitrogens with one attached hydrogen (secondary N) is 1. The van der Waals surface area contributed by atoms with Crippen LogP contribution in [0.1, 0.15) is 36.5 Å². The summed E-state index contributed by atoms with van der Waals surface area (Å²) < 4.78 is 27.2. The third-order valence-electron chi connectivity index (χ3n) is 3.29. The summed E-state index contributed by atoms with van der Waals surface area (Å²) >= 11 is 3.49. The molecule has 1 aliphatic rings. The van der Waals surface area contributed by atoms with Crippen molar-refractivity contribution in [3.8, 4) is 0 Å². The Morgan fingerprint density at radius 2 is 2.11 bits per heavy atom. The lowest BCUT2D eigenvalue weighted by Gasteiger charge is -2.16. The maximum atomic E-state index is 12.3. The molecule has 1 aliphatic carbocycles. The van der Waals surface area contributed by atoms with Crippen LogP contribution in [0.3, 0.4) is 0 Å². The molecule has 1 saturated carbocycles. The van der Waals surface area contributed by atoms with E-state index < -0.39 is 10.0 Å². The van der Waals surface area contributed by atoms with Crippen LogP contribution in [0.2, 0.25) is 0 Å². The Morgan fingerprint density at radius 1 is 1.37 bits per heavy atom. The Balaban J connectivity index is 2.24. The number of carbonyl (C=O) groups is 1. The van der Waals surface area contributed by atoms with Crippen LogP contribution in [0.25, 0.3) is 0 Å².